The van der Waals surface area contributed by atoms with Gasteiger partial charge in [0, 0.05) is 42.6 Å². The van der Waals surface area contributed by atoms with Gasteiger partial charge < -0.3 is 10.4 Å². The van der Waals surface area contributed by atoms with Crippen LogP contribution in [0.15, 0.2) is 36.4 Å². The summed E-state index contributed by atoms with van der Waals surface area (Å²) in [5.41, 5.74) is 0.959. The standard InChI is InChI=1S/C17H21ClN2O/c1-12(20-10-8-19-9-11-20)17(21)15-6-7-16(18)14-5-3-2-4-13(14)15/h2-7,12,17,19,21H,8-11H2,1H3. The molecule has 2 aromatic carbocycles. The normalized spacial score (nSPS) is 19.6. The lowest BCUT2D eigenvalue weighted by Crippen LogP contribution is -2.49. The molecule has 2 atom stereocenters. The van der Waals surface area contributed by atoms with Crippen LogP contribution in [0, 0.1) is 0 Å². The predicted octanol–water partition coefficient (Wildman–Crippen LogP) is 2.82. The fraction of sp³-hybridized carbons (Fsp3) is 0.412. The van der Waals surface area contributed by atoms with Crippen LogP contribution in [-0.2, 0) is 0 Å². The second kappa shape index (κ2) is 6.32. The molecule has 2 unspecified atom stereocenters. The summed E-state index contributed by atoms with van der Waals surface area (Å²) in [6, 6.07) is 11.9. The lowest BCUT2D eigenvalue weighted by Gasteiger charge is -2.35. The SMILES string of the molecule is CC(C(O)c1ccc(Cl)c2ccccc12)N1CCNCC1. The first-order valence-electron chi connectivity index (χ1n) is 7.48. The summed E-state index contributed by atoms with van der Waals surface area (Å²) in [4.78, 5) is 2.34. The van der Waals surface area contributed by atoms with E-state index >= 15 is 0 Å². The Labute approximate surface area is 130 Å². The topological polar surface area (TPSA) is 35.5 Å². The van der Waals surface area contributed by atoms with Gasteiger partial charge in [-0.25, -0.2) is 0 Å². The number of piperazine rings is 1. The molecule has 1 fully saturated rings. The Morgan fingerprint density at radius 2 is 1.76 bits per heavy atom. The quantitative estimate of drug-likeness (QED) is 0.915. The minimum Gasteiger partial charge on any atom is -0.387 e. The summed E-state index contributed by atoms with van der Waals surface area (Å²) >= 11 is 6.26. The molecule has 0 radical (unpaired) electrons. The molecule has 2 aromatic rings. The molecule has 1 saturated heterocycles. The Bertz CT molecular complexity index is 625. The van der Waals surface area contributed by atoms with Gasteiger partial charge in [-0.1, -0.05) is 41.9 Å². The second-order valence-corrected chi connectivity index (χ2v) is 6.06. The van der Waals surface area contributed by atoms with E-state index in [2.05, 4.69) is 17.1 Å². The zero-order chi connectivity index (χ0) is 14.8. The molecule has 4 heteroatoms. The molecule has 3 rings (SSSR count). The van der Waals surface area contributed by atoms with E-state index in [1.165, 1.54) is 0 Å². The Balaban J connectivity index is 1.94. The number of halogens is 1. The predicted molar refractivity (Wildman–Crippen MR) is 87.8 cm³/mol. The molecular formula is C17H21ClN2O. The van der Waals surface area contributed by atoms with Gasteiger partial charge in [0.2, 0.25) is 0 Å². The monoisotopic (exact) mass is 304 g/mol. The molecule has 1 aliphatic rings. The minimum atomic E-state index is -0.509. The van der Waals surface area contributed by atoms with Crippen LogP contribution in [0.1, 0.15) is 18.6 Å². The van der Waals surface area contributed by atoms with E-state index in [1.54, 1.807) is 0 Å². The average Bonchev–Trinajstić information content (AvgIpc) is 2.55. The third-order valence-corrected chi connectivity index (χ3v) is 4.74. The van der Waals surface area contributed by atoms with Gasteiger partial charge in [-0.05, 0) is 23.9 Å². The van der Waals surface area contributed by atoms with E-state index in [1.807, 2.05) is 36.4 Å². The number of nitrogens with zero attached hydrogens (tertiary/aromatic N) is 1. The van der Waals surface area contributed by atoms with Crippen LogP contribution in [0.2, 0.25) is 5.02 Å². The van der Waals surface area contributed by atoms with Crippen molar-refractivity contribution in [1.29, 1.82) is 0 Å². The van der Waals surface area contributed by atoms with Crippen molar-refractivity contribution in [2.45, 2.75) is 19.1 Å². The van der Waals surface area contributed by atoms with Crippen LogP contribution >= 0.6 is 11.6 Å². The molecule has 0 aromatic heterocycles. The number of benzene rings is 2. The zero-order valence-electron chi connectivity index (χ0n) is 12.2. The molecule has 0 amide bonds. The molecular weight excluding hydrogens is 284 g/mol. The van der Waals surface area contributed by atoms with Crippen molar-refractivity contribution in [2.24, 2.45) is 0 Å². The van der Waals surface area contributed by atoms with Crippen LogP contribution in [0.3, 0.4) is 0 Å². The molecule has 3 nitrogen and oxygen atoms in total. The van der Waals surface area contributed by atoms with Crippen molar-refractivity contribution in [2.75, 3.05) is 26.2 Å². The number of fused-ring (bicyclic) bond motifs is 1. The van der Waals surface area contributed by atoms with Crippen LogP contribution in [0.25, 0.3) is 10.8 Å². The van der Waals surface area contributed by atoms with Crippen LogP contribution in [0.4, 0.5) is 0 Å². The van der Waals surface area contributed by atoms with E-state index in [9.17, 15) is 5.11 Å². The number of hydrogen-bond donors (Lipinski definition) is 2. The van der Waals surface area contributed by atoms with Gasteiger partial charge in [0.1, 0.15) is 0 Å². The first kappa shape index (κ1) is 14.8. The zero-order valence-corrected chi connectivity index (χ0v) is 13.0. The third kappa shape index (κ3) is 2.92. The largest absolute Gasteiger partial charge is 0.387 e. The Morgan fingerprint density at radius 3 is 2.48 bits per heavy atom. The molecule has 0 spiro atoms. The Kier molecular flexibility index (Phi) is 4.45. The third-order valence-electron chi connectivity index (χ3n) is 4.41. The Hall–Kier alpha value is -1.13. The van der Waals surface area contributed by atoms with Crippen molar-refractivity contribution in [3.63, 3.8) is 0 Å². The van der Waals surface area contributed by atoms with Gasteiger partial charge in [0.05, 0.1) is 6.10 Å². The molecule has 112 valence electrons. The van der Waals surface area contributed by atoms with E-state index in [-0.39, 0.29) is 6.04 Å². The van der Waals surface area contributed by atoms with Gasteiger partial charge in [0.15, 0.2) is 0 Å². The van der Waals surface area contributed by atoms with E-state index in [4.69, 9.17) is 11.6 Å². The molecule has 1 heterocycles. The molecule has 1 aliphatic heterocycles. The molecule has 0 saturated carbocycles. The van der Waals surface area contributed by atoms with Crippen LogP contribution in [0.5, 0.6) is 0 Å². The van der Waals surface area contributed by atoms with Crippen molar-refractivity contribution >= 4 is 22.4 Å². The molecule has 21 heavy (non-hydrogen) atoms. The van der Waals surface area contributed by atoms with Gasteiger partial charge in [0.25, 0.3) is 0 Å². The Morgan fingerprint density at radius 1 is 1.10 bits per heavy atom. The fourth-order valence-electron chi connectivity index (χ4n) is 3.09. The highest BCUT2D eigenvalue weighted by Crippen LogP contribution is 2.32. The summed E-state index contributed by atoms with van der Waals surface area (Å²) in [6.45, 7) is 6.02. The van der Waals surface area contributed by atoms with Crippen molar-refractivity contribution in [3.8, 4) is 0 Å². The van der Waals surface area contributed by atoms with Gasteiger partial charge >= 0.3 is 0 Å². The van der Waals surface area contributed by atoms with Crippen molar-refractivity contribution < 1.29 is 5.11 Å². The average molecular weight is 305 g/mol. The van der Waals surface area contributed by atoms with Gasteiger partial charge in [-0.15, -0.1) is 0 Å². The van der Waals surface area contributed by atoms with E-state index < -0.39 is 6.10 Å². The number of aliphatic hydroxyl groups excluding tert-OH is 1. The number of nitrogens with one attached hydrogen (secondary N) is 1. The van der Waals surface area contributed by atoms with Gasteiger partial charge in [-0.2, -0.15) is 0 Å². The lowest BCUT2D eigenvalue weighted by atomic mass is 9.96. The molecule has 0 bridgehead atoms. The summed E-state index contributed by atoms with van der Waals surface area (Å²) in [5, 5.41) is 16.9. The lowest BCUT2D eigenvalue weighted by molar-refractivity contribution is 0.0519. The summed E-state index contributed by atoms with van der Waals surface area (Å²) in [6.07, 6.45) is -0.509. The highest BCUT2D eigenvalue weighted by Gasteiger charge is 2.25. The molecule has 0 aliphatic carbocycles. The number of aliphatic hydroxyl groups is 1. The first-order chi connectivity index (χ1) is 10.2. The number of rotatable bonds is 3. The summed E-state index contributed by atoms with van der Waals surface area (Å²) < 4.78 is 0. The van der Waals surface area contributed by atoms with Crippen molar-refractivity contribution in [1.82, 2.24) is 10.2 Å². The smallest absolute Gasteiger partial charge is 0.0948 e. The van der Waals surface area contributed by atoms with Crippen LogP contribution < -0.4 is 5.32 Å². The molecule has 2 N–H and O–H groups in total. The van der Waals surface area contributed by atoms with Gasteiger partial charge in [-0.3, -0.25) is 4.90 Å². The fourth-order valence-corrected chi connectivity index (χ4v) is 3.32. The number of hydrogen-bond acceptors (Lipinski definition) is 3. The van der Waals surface area contributed by atoms with E-state index in [0.717, 1.165) is 47.5 Å². The highest BCUT2D eigenvalue weighted by molar-refractivity contribution is 6.35. The summed E-state index contributed by atoms with van der Waals surface area (Å²) in [5.74, 6) is 0. The highest BCUT2D eigenvalue weighted by atomic mass is 35.5. The first-order valence-corrected chi connectivity index (χ1v) is 7.86. The maximum absolute atomic E-state index is 10.8. The van der Waals surface area contributed by atoms with E-state index in [0.29, 0.717) is 0 Å². The maximum atomic E-state index is 10.8. The van der Waals surface area contributed by atoms with Crippen LogP contribution in [-0.4, -0.2) is 42.2 Å². The summed E-state index contributed by atoms with van der Waals surface area (Å²) in [7, 11) is 0. The minimum absolute atomic E-state index is 0.0941. The maximum Gasteiger partial charge on any atom is 0.0948 e. The second-order valence-electron chi connectivity index (χ2n) is 5.65. The van der Waals surface area contributed by atoms with Crippen molar-refractivity contribution in [3.05, 3.63) is 47.0 Å².